The zero-order valence-corrected chi connectivity index (χ0v) is 16.4. The van der Waals surface area contributed by atoms with Crippen molar-refractivity contribution < 1.29 is 14.0 Å². The summed E-state index contributed by atoms with van der Waals surface area (Å²) in [5.74, 6) is 0.480. The number of hydrogen-bond donors (Lipinski definition) is 2. The van der Waals surface area contributed by atoms with Gasteiger partial charge in [-0.15, -0.1) is 0 Å². The minimum absolute atomic E-state index is 0.224. The van der Waals surface area contributed by atoms with E-state index in [0.717, 1.165) is 54.2 Å². The first kappa shape index (κ1) is 19.2. The zero-order valence-electron chi connectivity index (χ0n) is 16.4. The van der Waals surface area contributed by atoms with Crippen molar-refractivity contribution in [3.05, 3.63) is 52.5 Å². The number of nitrogens with one attached hydrogen (secondary N) is 2. The lowest BCUT2D eigenvalue weighted by atomic mass is 10.0. The molecule has 1 aromatic heterocycles. The van der Waals surface area contributed by atoms with Crippen LogP contribution >= 0.6 is 0 Å². The van der Waals surface area contributed by atoms with E-state index in [-0.39, 0.29) is 17.6 Å². The summed E-state index contributed by atoms with van der Waals surface area (Å²) in [6.07, 6.45) is 0.718. The number of carbonyl (C=O) groups is 2. The molecule has 1 aromatic carbocycles. The second-order valence-corrected chi connectivity index (χ2v) is 6.81. The van der Waals surface area contributed by atoms with E-state index < -0.39 is 6.04 Å². The number of fused-ring (bicyclic) bond motifs is 1. The van der Waals surface area contributed by atoms with Gasteiger partial charge in [-0.25, -0.2) is 0 Å². The fraction of sp³-hybridized carbons (Fsp3) is 0.429. The number of carbonyl (C=O) groups excluding carboxylic acids is 2. The normalized spacial score (nSPS) is 15.7. The van der Waals surface area contributed by atoms with Crippen LogP contribution in [-0.4, -0.2) is 29.8 Å². The highest BCUT2D eigenvalue weighted by Gasteiger charge is 2.34. The maximum Gasteiger partial charge on any atom is 0.287 e. The summed E-state index contributed by atoms with van der Waals surface area (Å²) < 4.78 is 5.81. The van der Waals surface area contributed by atoms with Crippen LogP contribution in [0.2, 0.25) is 0 Å². The lowest BCUT2D eigenvalue weighted by Gasteiger charge is -2.17. The lowest BCUT2D eigenvalue weighted by molar-refractivity contribution is -0.117. The summed E-state index contributed by atoms with van der Waals surface area (Å²) in [5.41, 5.74) is 3.56. The van der Waals surface area contributed by atoms with Gasteiger partial charge in [0.2, 0.25) is 0 Å². The maximum absolute atomic E-state index is 12.8. The van der Waals surface area contributed by atoms with Crippen LogP contribution in [0.5, 0.6) is 0 Å². The molecule has 1 aliphatic heterocycles. The third-order valence-electron chi connectivity index (χ3n) is 5.14. The van der Waals surface area contributed by atoms with Crippen LogP contribution in [0.1, 0.15) is 59.8 Å². The Morgan fingerprint density at radius 2 is 2.00 bits per heavy atom. The van der Waals surface area contributed by atoms with Gasteiger partial charge in [0.05, 0.1) is 0 Å². The summed E-state index contributed by atoms with van der Waals surface area (Å²) >= 11 is 0. The molecule has 0 unspecified atom stereocenters. The SMILES string of the molecule is CCc1oc(C(=O)N[C@@H]2C(=O)Nc3cccc(C)c32)cc1CN(CC)CC. The summed E-state index contributed by atoms with van der Waals surface area (Å²) in [6.45, 7) is 10.8. The smallest absolute Gasteiger partial charge is 0.287 e. The zero-order chi connectivity index (χ0) is 19.6. The molecule has 0 spiro atoms. The second kappa shape index (κ2) is 7.96. The summed E-state index contributed by atoms with van der Waals surface area (Å²) in [6, 6.07) is 6.77. The molecule has 0 saturated heterocycles. The van der Waals surface area contributed by atoms with Crippen molar-refractivity contribution in [1.82, 2.24) is 10.2 Å². The third-order valence-corrected chi connectivity index (χ3v) is 5.14. The van der Waals surface area contributed by atoms with Crippen molar-refractivity contribution in [1.29, 1.82) is 0 Å². The Morgan fingerprint density at radius 3 is 2.67 bits per heavy atom. The van der Waals surface area contributed by atoms with Crippen molar-refractivity contribution in [2.75, 3.05) is 18.4 Å². The van der Waals surface area contributed by atoms with Crippen LogP contribution in [0.15, 0.2) is 28.7 Å². The molecule has 6 nitrogen and oxygen atoms in total. The van der Waals surface area contributed by atoms with Crippen molar-refractivity contribution in [2.45, 2.75) is 46.7 Å². The predicted octanol–water partition coefficient (Wildman–Crippen LogP) is 3.42. The van der Waals surface area contributed by atoms with E-state index >= 15 is 0 Å². The molecule has 2 aromatic rings. The highest BCUT2D eigenvalue weighted by molar-refractivity contribution is 6.06. The van der Waals surface area contributed by atoms with E-state index in [9.17, 15) is 9.59 Å². The van der Waals surface area contributed by atoms with Crippen LogP contribution in [0, 0.1) is 6.92 Å². The van der Waals surface area contributed by atoms with E-state index in [1.807, 2.05) is 32.0 Å². The molecule has 0 radical (unpaired) electrons. The van der Waals surface area contributed by atoms with Crippen molar-refractivity contribution in [2.24, 2.45) is 0 Å². The molecule has 0 saturated carbocycles. The van der Waals surface area contributed by atoms with Gasteiger partial charge in [-0.1, -0.05) is 32.9 Å². The Labute approximate surface area is 159 Å². The Kier molecular flexibility index (Phi) is 5.65. The molecule has 27 heavy (non-hydrogen) atoms. The number of amides is 2. The van der Waals surface area contributed by atoms with E-state index in [0.29, 0.717) is 0 Å². The molecule has 6 heteroatoms. The van der Waals surface area contributed by atoms with Crippen molar-refractivity contribution in [3.8, 4) is 0 Å². The fourth-order valence-electron chi connectivity index (χ4n) is 3.55. The molecule has 1 atom stereocenters. The standard InChI is InChI=1S/C21H27N3O3/c1-5-16-14(12-24(6-2)7-3)11-17(27-16)20(25)23-19-18-13(4)9-8-10-15(18)22-21(19)26/h8-11,19H,5-7,12H2,1-4H3,(H,22,26)(H,23,25)/t19-/m0/s1. The molecule has 144 valence electrons. The van der Waals surface area contributed by atoms with Gasteiger partial charge >= 0.3 is 0 Å². The van der Waals surface area contributed by atoms with Crippen LogP contribution in [-0.2, 0) is 17.8 Å². The minimum atomic E-state index is -0.699. The fourth-order valence-corrected chi connectivity index (χ4v) is 3.55. The summed E-state index contributed by atoms with van der Waals surface area (Å²) in [7, 11) is 0. The van der Waals surface area contributed by atoms with Crippen molar-refractivity contribution >= 4 is 17.5 Å². The van der Waals surface area contributed by atoms with E-state index in [4.69, 9.17) is 4.42 Å². The maximum atomic E-state index is 12.8. The Morgan fingerprint density at radius 1 is 1.26 bits per heavy atom. The topological polar surface area (TPSA) is 74.6 Å². The molecule has 0 aliphatic carbocycles. The molecular weight excluding hydrogens is 342 g/mol. The lowest BCUT2D eigenvalue weighted by Crippen LogP contribution is -2.33. The molecule has 2 amide bonds. The van der Waals surface area contributed by atoms with Crippen LogP contribution in [0.25, 0.3) is 0 Å². The average molecular weight is 369 g/mol. The van der Waals surface area contributed by atoms with Crippen LogP contribution in [0.4, 0.5) is 5.69 Å². The molecule has 3 rings (SSSR count). The number of hydrogen-bond acceptors (Lipinski definition) is 4. The number of aryl methyl sites for hydroxylation is 2. The quantitative estimate of drug-likeness (QED) is 0.784. The van der Waals surface area contributed by atoms with Crippen LogP contribution in [0.3, 0.4) is 0 Å². The van der Waals surface area contributed by atoms with Gasteiger partial charge in [-0.05, 0) is 37.7 Å². The summed E-state index contributed by atoms with van der Waals surface area (Å²) in [4.78, 5) is 27.4. The first-order valence-electron chi connectivity index (χ1n) is 9.53. The Balaban J connectivity index is 1.81. The number of nitrogens with zero attached hydrogens (tertiary/aromatic N) is 1. The second-order valence-electron chi connectivity index (χ2n) is 6.81. The molecule has 2 N–H and O–H groups in total. The molecular formula is C21H27N3O3. The number of furan rings is 1. The largest absolute Gasteiger partial charge is 0.456 e. The van der Waals surface area contributed by atoms with E-state index in [1.54, 1.807) is 6.07 Å². The molecule has 1 aliphatic rings. The number of benzene rings is 1. The highest BCUT2D eigenvalue weighted by Crippen LogP contribution is 2.33. The highest BCUT2D eigenvalue weighted by atomic mass is 16.4. The van der Waals surface area contributed by atoms with E-state index in [2.05, 4.69) is 29.4 Å². The monoisotopic (exact) mass is 369 g/mol. The average Bonchev–Trinajstić information content (AvgIpc) is 3.21. The number of rotatable bonds is 7. The molecule has 2 heterocycles. The van der Waals surface area contributed by atoms with Gasteiger partial charge in [0.1, 0.15) is 11.8 Å². The molecule has 0 fully saturated rings. The van der Waals surface area contributed by atoms with Gasteiger partial charge < -0.3 is 15.1 Å². The third kappa shape index (κ3) is 3.76. The van der Waals surface area contributed by atoms with Crippen LogP contribution < -0.4 is 10.6 Å². The Bertz CT molecular complexity index is 852. The van der Waals surface area contributed by atoms with Gasteiger partial charge in [0.25, 0.3) is 11.8 Å². The minimum Gasteiger partial charge on any atom is -0.456 e. The number of anilines is 1. The predicted molar refractivity (Wildman–Crippen MR) is 105 cm³/mol. The van der Waals surface area contributed by atoms with Gasteiger partial charge in [-0.2, -0.15) is 0 Å². The van der Waals surface area contributed by atoms with E-state index in [1.165, 1.54) is 0 Å². The summed E-state index contributed by atoms with van der Waals surface area (Å²) in [5, 5.41) is 5.65. The first-order valence-corrected chi connectivity index (χ1v) is 9.53. The van der Waals surface area contributed by atoms with Gasteiger partial charge in [-0.3, -0.25) is 14.5 Å². The Hall–Kier alpha value is -2.60. The first-order chi connectivity index (χ1) is 13.0. The van der Waals surface area contributed by atoms with Gasteiger partial charge in [0.15, 0.2) is 5.76 Å². The molecule has 0 bridgehead atoms. The van der Waals surface area contributed by atoms with Gasteiger partial charge in [0, 0.05) is 29.8 Å². The van der Waals surface area contributed by atoms with Crippen molar-refractivity contribution in [3.63, 3.8) is 0 Å².